The Hall–Kier alpha value is -1.90. The number of nitrogens with zero attached hydrogens (tertiary/aromatic N) is 1. The van der Waals surface area contributed by atoms with Crippen molar-refractivity contribution >= 4 is 5.91 Å². The molecule has 0 spiro atoms. The number of hydrogen-bond donors (Lipinski definition) is 2. The molecule has 1 aromatic heterocycles. The van der Waals surface area contributed by atoms with Crippen LogP contribution in [0.3, 0.4) is 0 Å². The van der Waals surface area contributed by atoms with Crippen molar-refractivity contribution in [3.05, 3.63) is 28.2 Å². The molecule has 1 aromatic rings. The standard InChI is InChI=1S/C13H16F3N3O3/c14-13(15,16)7-22-9-3-1-2-8(6-9)17-12(21)10-4-5-11(20)19-18-10/h4-5,8-9H,1-3,6-7H2,(H,17,21)(H,19,20)/t8-,9-/m1/s1. The largest absolute Gasteiger partial charge is 0.411 e. The Balaban J connectivity index is 1.86. The topological polar surface area (TPSA) is 84.1 Å². The molecule has 9 heteroatoms. The quantitative estimate of drug-likeness (QED) is 0.878. The maximum Gasteiger partial charge on any atom is 0.411 e. The molecular weight excluding hydrogens is 303 g/mol. The van der Waals surface area contributed by atoms with Crippen molar-refractivity contribution in [1.29, 1.82) is 0 Å². The number of aromatic amines is 1. The summed E-state index contributed by atoms with van der Waals surface area (Å²) in [4.78, 5) is 22.8. The van der Waals surface area contributed by atoms with Gasteiger partial charge in [0.25, 0.3) is 11.5 Å². The Morgan fingerprint density at radius 1 is 1.41 bits per heavy atom. The molecule has 2 rings (SSSR count). The van der Waals surface area contributed by atoms with Gasteiger partial charge in [0.05, 0.1) is 6.10 Å². The van der Waals surface area contributed by atoms with E-state index in [1.807, 2.05) is 0 Å². The Bertz CT molecular complexity index is 553. The van der Waals surface area contributed by atoms with Crippen LogP contribution in [0.5, 0.6) is 0 Å². The summed E-state index contributed by atoms with van der Waals surface area (Å²) >= 11 is 0. The van der Waals surface area contributed by atoms with E-state index in [0.29, 0.717) is 25.7 Å². The molecule has 1 heterocycles. The van der Waals surface area contributed by atoms with Crippen molar-refractivity contribution in [2.45, 2.75) is 44.0 Å². The average Bonchev–Trinajstić information content (AvgIpc) is 2.45. The third kappa shape index (κ3) is 5.14. The summed E-state index contributed by atoms with van der Waals surface area (Å²) < 4.78 is 41.3. The summed E-state index contributed by atoms with van der Waals surface area (Å²) in [5, 5.41) is 8.45. The normalized spacial score (nSPS) is 22.3. The first-order chi connectivity index (χ1) is 10.3. The minimum Gasteiger partial charge on any atom is -0.369 e. The summed E-state index contributed by atoms with van der Waals surface area (Å²) in [6.07, 6.45) is -2.67. The van der Waals surface area contributed by atoms with E-state index in [0.717, 1.165) is 0 Å². The van der Waals surface area contributed by atoms with E-state index in [-0.39, 0.29) is 11.7 Å². The smallest absolute Gasteiger partial charge is 0.369 e. The van der Waals surface area contributed by atoms with Gasteiger partial charge in [-0.05, 0) is 31.7 Å². The van der Waals surface area contributed by atoms with Gasteiger partial charge in [-0.2, -0.15) is 18.3 Å². The number of H-pyrrole nitrogens is 1. The number of aromatic nitrogens is 2. The zero-order valence-electron chi connectivity index (χ0n) is 11.7. The Kier molecular flexibility index (Phi) is 5.17. The van der Waals surface area contributed by atoms with E-state index in [1.165, 1.54) is 12.1 Å². The first-order valence-electron chi connectivity index (χ1n) is 6.88. The van der Waals surface area contributed by atoms with E-state index in [1.54, 1.807) is 0 Å². The van der Waals surface area contributed by atoms with E-state index < -0.39 is 30.4 Å². The zero-order chi connectivity index (χ0) is 16.2. The number of halogens is 3. The van der Waals surface area contributed by atoms with Crippen LogP contribution in [0.2, 0.25) is 0 Å². The van der Waals surface area contributed by atoms with E-state index in [2.05, 4.69) is 15.5 Å². The molecule has 2 atom stereocenters. The number of hydrogen-bond acceptors (Lipinski definition) is 4. The lowest BCUT2D eigenvalue weighted by molar-refractivity contribution is -0.188. The summed E-state index contributed by atoms with van der Waals surface area (Å²) in [5.74, 6) is -0.474. The van der Waals surface area contributed by atoms with Crippen LogP contribution >= 0.6 is 0 Å². The first kappa shape index (κ1) is 16.5. The second-order valence-electron chi connectivity index (χ2n) is 5.19. The molecule has 1 aliphatic carbocycles. The van der Waals surface area contributed by atoms with Crippen LogP contribution in [-0.4, -0.2) is 41.0 Å². The van der Waals surface area contributed by atoms with Crippen molar-refractivity contribution in [3.8, 4) is 0 Å². The molecule has 1 fully saturated rings. The highest BCUT2D eigenvalue weighted by Gasteiger charge is 2.31. The second-order valence-corrected chi connectivity index (χ2v) is 5.19. The van der Waals surface area contributed by atoms with Gasteiger partial charge in [0.15, 0.2) is 0 Å². The van der Waals surface area contributed by atoms with Gasteiger partial charge in [-0.1, -0.05) is 0 Å². The van der Waals surface area contributed by atoms with Crippen LogP contribution in [0, 0.1) is 0 Å². The van der Waals surface area contributed by atoms with Crippen molar-refractivity contribution in [2.75, 3.05) is 6.61 Å². The minimum absolute atomic E-state index is 0.0536. The monoisotopic (exact) mass is 319 g/mol. The molecule has 1 saturated carbocycles. The lowest BCUT2D eigenvalue weighted by atomic mass is 9.92. The Labute approximate surface area is 124 Å². The van der Waals surface area contributed by atoms with Crippen molar-refractivity contribution in [1.82, 2.24) is 15.5 Å². The molecule has 1 aliphatic rings. The van der Waals surface area contributed by atoms with Gasteiger partial charge in [0.2, 0.25) is 0 Å². The molecule has 0 unspecified atom stereocenters. The maximum absolute atomic E-state index is 12.1. The molecule has 0 aromatic carbocycles. The molecular formula is C13H16F3N3O3. The fourth-order valence-electron chi connectivity index (χ4n) is 2.37. The molecule has 0 radical (unpaired) electrons. The molecule has 6 nitrogen and oxygen atoms in total. The number of ether oxygens (including phenoxy) is 1. The van der Waals surface area contributed by atoms with Crippen LogP contribution in [0.4, 0.5) is 13.2 Å². The van der Waals surface area contributed by atoms with Gasteiger partial charge in [-0.25, -0.2) is 5.10 Å². The Morgan fingerprint density at radius 2 is 2.18 bits per heavy atom. The highest BCUT2D eigenvalue weighted by Crippen LogP contribution is 2.24. The highest BCUT2D eigenvalue weighted by atomic mass is 19.4. The predicted octanol–water partition coefficient (Wildman–Crippen LogP) is 1.39. The van der Waals surface area contributed by atoms with Crippen LogP contribution in [0.15, 0.2) is 16.9 Å². The number of carbonyl (C=O) groups excluding carboxylic acids is 1. The summed E-state index contributed by atoms with van der Waals surface area (Å²) in [6, 6.07) is 2.19. The summed E-state index contributed by atoms with van der Waals surface area (Å²) in [7, 11) is 0. The molecule has 2 N–H and O–H groups in total. The zero-order valence-corrected chi connectivity index (χ0v) is 11.7. The van der Waals surface area contributed by atoms with Crippen molar-refractivity contribution in [2.24, 2.45) is 0 Å². The predicted molar refractivity (Wildman–Crippen MR) is 70.4 cm³/mol. The maximum atomic E-state index is 12.1. The van der Waals surface area contributed by atoms with Crippen LogP contribution in [0.1, 0.15) is 36.2 Å². The highest BCUT2D eigenvalue weighted by molar-refractivity contribution is 5.92. The fourth-order valence-corrected chi connectivity index (χ4v) is 2.37. The van der Waals surface area contributed by atoms with Gasteiger partial charge in [-0.15, -0.1) is 0 Å². The van der Waals surface area contributed by atoms with Crippen molar-refractivity contribution in [3.63, 3.8) is 0 Å². The van der Waals surface area contributed by atoms with E-state index >= 15 is 0 Å². The van der Waals surface area contributed by atoms with Gasteiger partial charge in [-0.3, -0.25) is 9.59 Å². The van der Waals surface area contributed by atoms with Crippen molar-refractivity contribution < 1.29 is 22.7 Å². The Morgan fingerprint density at radius 3 is 2.82 bits per heavy atom. The third-order valence-electron chi connectivity index (χ3n) is 3.36. The van der Waals surface area contributed by atoms with Crippen LogP contribution < -0.4 is 10.9 Å². The van der Waals surface area contributed by atoms with Crippen LogP contribution in [0.25, 0.3) is 0 Å². The number of rotatable bonds is 4. The van der Waals surface area contributed by atoms with E-state index in [9.17, 15) is 22.8 Å². The molecule has 0 aliphatic heterocycles. The molecule has 0 bridgehead atoms. The third-order valence-corrected chi connectivity index (χ3v) is 3.36. The van der Waals surface area contributed by atoms with Gasteiger partial charge in [0.1, 0.15) is 12.3 Å². The second kappa shape index (κ2) is 6.91. The number of nitrogens with one attached hydrogen (secondary N) is 2. The molecule has 1 amide bonds. The number of alkyl halides is 3. The fraction of sp³-hybridized carbons (Fsp3) is 0.615. The summed E-state index contributed by atoms with van der Waals surface area (Å²) in [6.45, 7) is -1.28. The SMILES string of the molecule is O=C(N[C@@H]1CCC[C@@H](OCC(F)(F)F)C1)c1ccc(=O)[nH]n1. The minimum atomic E-state index is -4.35. The van der Waals surface area contributed by atoms with Crippen LogP contribution in [-0.2, 0) is 4.74 Å². The lowest BCUT2D eigenvalue weighted by Crippen LogP contribution is -2.41. The number of carbonyl (C=O) groups is 1. The lowest BCUT2D eigenvalue weighted by Gasteiger charge is -2.29. The number of amides is 1. The molecule has 22 heavy (non-hydrogen) atoms. The van der Waals surface area contributed by atoms with Gasteiger partial charge >= 0.3 is 6.18 Å². The van der Waals surface area contributed by atoms with Gasteiger partial charge in [0, 0.05) is 12.1 Å². The molecule has 122 valence electrons. The van der Waals surface area contributed by atoms with Gasteiger partial charge < -0.3 is 10.1 Å². The molecule has 0 saturated heterocycles. The average molecular weight is 319 g/mol. The summed E-state index contributed by atoms with van der Waals surface area (Å²) in [5.41, 5.74) is -0.368. The first-order valence-corrected chi connectivity index (χ1v) is 6.88. The van der Waals surface area contributed by atoms with E-state index in [4.69, 9.17) is 4.74 Å².